The van der Waals surface area contributed by atoms with Crippen molar-refractivity contribution in [1.82, 2.24) is 4.31 Å². The second-order valence-corrected chi connectivity index (χ2v) is 8.88. The summed E-state index contributed by atoms with van der Waals surface area (Å²) < 4.78 is 47.1. The van der Waals surface area contributed by atoms with Gasteiger partial charge in [0.05, 0.1) is 6.61 Å². The Morgan fingerprint density at radius 1 is 1.21 bits per heavy atom. The normalized spacial score (nSPS) is 17.7. The van der Waals surface area contributed by atoms with Crippen LogP contribution in [0.15, 0.2) is 47.4 Å². The van der Waals surface area contributed by atoms with Gasteiger partial charge < -0.3 is 10.1 Å². The van der Waals surface area contributed by atoms with Gasteiger partial charge in [-0.15, -0.1) is 0 Å². The maximum atomic E-state index is 14.4. The smallest absolute Gasteiger partial charge is 0.255 e. The van der Waals surface area contributed by atoms with Gasteiger partial charge in [0.15, 0.2) is 0 Å². The largest absolute Gasteiger partial charge is 0.494 e. The third-order valence-electron chi connectivity index (χ3n) is 4.95. The lowest BCUT2D eigenvalue weighted by molar-refractivity contribution is 0.102. The summed E-state index contributed by atoms with van der Waals surface area (Å²) in [6.45, 7) is 4.58. The minimum Gasteiger partial charge on any atom is -0.494 e. The van der Waals surface area contributed by atoms with Crippen molar-refractivity contribution in [2.75, 3.05) is 18.5 Å². The molecule has 0 aromatic heterocycles. The van der Waals surface area contributed by atoms with E-state index in [1.807, 2.05) is 13.8 Å². The number of benzene rings is 2. The number of piperidine rings is 1. The van der Waals surface area contributed by atoms with Gasteiger partial charge in [-0.05, 0) is 69.2 Å². The van der Waals surface area contributed by atoms with E-state index in [4.69, 9.17) is 4.74 Å². The first-order valence-corrected chi connectivity index (χ1v) is 11.1. The minimum atomic E-state index is -4.02. The molecule has 1 saturated heterocycles. The molecule has 0 radical (unpaired) electrons. The van der Waals surface area contributed by atoms with Crippen molar-refractivity contribution < 1.29 is 22.3 Å². The molecule has 1 unspecified atom stereocenters. The molecule has 0 bridgehead atoms. The van der Waals surface area contributed by atoms with Gasteiger partial charge in [-0.25, -0.2) is 12.8 Å². The van der Waals surface area contributed by atoms with Crippen LogP contribution in [-0.4, -0.2) is 37.8 Å². The third-order valence-corrected chi connectivity index (χ3v) is 6.97. The first kappa shape index (κ1) is 21.3. The lowest BCUT2D eigenvalue weighted by Crippen LogP contribution is -2.42. The quantitative estimate of drug-likeness (QED) is 0.765. The lowest BCUT2D eigenvalue weighted by Gasteiger charge is -2.32. The molecular formula is C21H25FN2O4S. The molecule has 1 aliphatic heterocycles. The van der Waals surface area contributed by atoms with Gasteiger partial charge >= 0.3 is 0 Å². The SMILES string of the molecule is CCOc1ccc(NC(=O)c2ccc(F)c(S(=O)(=O)N3CCCCC3C)c2)cc1. The summed E-state index contributed by atoms with van der Waals surface area (Å²) in [6, 6.07) is 10.0. The van der Waals surface area contributed by atoms with Gasteiger partial charge in [-0.1, -0.05) is 6.42 Å². The van der Waals surface area contributed by atoms with Crippen LogP contribution in [0.5, 0.6) is 5.75 Å². The van der Waals surface area contributed by atoms with Crippen molar-refractivity contribution in [2.45, 2.75) is 44.0 Å². The number of nitrogens with zero attached hydrogens (tertiary/aromatic N) is 1. The van der Waals surface area contributed by atoms with E-state index in [1.165, 1.54) is 10.4 Å². The molecule has 2 aromatic carbocycles. The number of rotatable bonds is 6. The number of ether oxygens (including phenoxy) is 1. The molecule has 6 nitrogen and oxygen atoms in total. The van der Waals surface area contributed by atoms with Crippen LogP contribution in [-0.2, 0) is 10.0 Å². The van der Waals surface area contributed by atoms with E-state index in [-0.39, 0.29) is 11.6 Å². The Balaban J connectivity index is 1.83. The number of carbonyl (C=O) groups is 1. The number of carbonyl (C=O) groups excluding carboxylic acids is 1. The molecule has 29 heavy (non-hydrogen) atoms. The molecule has 1 N–H and O–H groups in total. The van der Waals surface area contributed by atoms with Crippen molar-refractivity contribution in [3.63, 3.8) is 0 Å². The Hall–Kier alpha value is -2.45. The average molecular weight is 421 g/mol. The van der Waals surface area contributed by atoms with E-state index >= 15 is 0 Å². The predicted octanol–water partition coefficient (Wildman–Crippen LogP) is 4.04. The van der Waals surface area contributed by atoms with Crippen molar-refractivity contribution in [3.8, 4) is 5.75 Å². The third kappa shape index (κ3) is 4.76. The fourth-order valence-electron chi connectivity index (χ4n) is 3.40. The van der Waals surface area contributed by atoms with E-state index < -0.39 is 26.6 Å². The molecule has 1 amide bonds. The Morgan fingerprint density at radius 2 is 1.93 bits per heavy atom. The van der Waals surface area contributed by atoms with Crippen molar-refractivity contribution in [1.29, 1.82) is 0 Å². The van der Waals surface area contributed by atoms with Crippen molar-refractivity contribution in [3.05, 3.63) is 53.8 Å². The maximum Gasteiger partial charge on any atom is 0.255 e. The molecule has 1 aliphatic rings. The standard InChI is InChI=1S/C21H25FN2O4S/c1-3-28-18-10-8-17(9-11-18)23-21(25)16-7-12-19(22)20(14-16)29(26,27)24-13-5-4-6-15(24)2/h7-12,14-15H,3-6,13H2,1-2H3,(H,23,25). The average Bonchev–Trinajstić information content (AvgIpc) is 2.70. The Morgan fingerprint density at radius 3 is 2.59 bits per heavy atom. The number of amides is 1. The zero-order valence-electron chi connectivity index (χ0n) is 16.5. The fourth-order valence-corrected chi connectivity index (χ4v) is 5.19. The topological polar surface area (TPSA) is 75.7 Å². The Labute approximate surface area is 170 Å². The highest BCUT2D eigenvalue weighted by Crippen LogP contribution is 2.27. The number of halogens is 1. The van der Waals surface area contributed by atoms with Gasteiger partial charge in [0.2, 0.25) is 10.0 Å². The second kappa shape index (κ2) is 8.92. The Bertz CT molecular complexity index is 977. The summed E-state index contributed by atoms with van der Waals surface area (Å²) in [5.41, 5.74) is 0.598. The summed E-state index contributed by atoms with van der Waals surface area (Å²) in [6.07, 6.45) is 2.42. The van der Waals surface area contributed by atoms with Gasteiger partial charge in [0, 0.05) is 23.8 Å². The van der Waals surface area contributed by atoms with E-state index in [0.717, 1.165) is 31.4 Å². The number of hydrogen-bond acceptors (Lipinski definition) is 4. The molecule has 0 aliphatic carbocycles. The molecule has 1 heterocycles. The van der Waals surface area contributed by atoms with Crippen LogP contribution in [0.2, 0.25) is 0 Å². The van der Waals surface area contributed by atoms with E-state index in [9.17, 15) is 17.6 Å². The summed E-state index contributed by atoms with van der Waals surface area (Å²) in [5, 5.41) is 2.69. The lowest BCUT2D eigenvalue weighted by atomic mass is 10.1. The van der Waals surface area contributed by atoms with Crippen LogP contribution in [0.1, 0.15) is 43.5 Å². The van der Waals surface area contributed by atoms with Gasteiger partial charge in [0.25, 0.3) is 5.91 Å². The van der Waals surface area contributed by atoms with Crippen LogP contribution in [0, 0.1) is 5.82 Å². The van der Waals surface area contributed by atoms with E-state index in [1.54, 1.807) is 24.3 Å². The van der Waals surface area contributed by atoms with Crippen LogP contribution in [0.3, 0.4) is 0 Å². The first-order valence-electron chi connectivity index (χ1n) is 9.68. The van der Waals surface area contributed by atoms with Crippen LogP contribution in [0.25, 0.3) is 0 Å². The molecule has 0 spiro atoms. The zero-order chi connectivity index (χ0) is 21.0. The Kier molecular flexibility index (Phi) is 6.54. The number of anilines is 1. The summed E-state index contributed by atoms with van der Waals surface area (Å²) in [7, 11) is -4.02. The highest BCUT2D eigenvalue weighted by atomic mass is 32.2. The van der Waals surface area contributed by atoms with Crippen molar-refractivity contribution >= 4 is 21.6 Å². The number of sulfonamides is 1. The molecule has 0 saturated carbocycles. The van der Waals surface area contributed by atoms with E-state index in [2.05, 4.69) is 5.32 Å². The van der Waals surface area contributed by atoms with Gasteiger partial charge in [-0.3, -0.25) is 4.79 Å². The monoisotopic (exact) mass is 420 g/mol. The number of nitrogens with one attached hydrogen (secondary N) is 1. The molecule has 1 fully saturated rings. The summed E-state index contributed by atoms with van der Waals surface area (Å²) >= 11 is 0. The van der Waals surface area contributed by atoms with Gasteiger partial charge in [0.1, 0.15) is 16.5 Å². The minimum absolute atomic E-state index is 0.0727. The highest BCUT2D eigenvalue weighted by Gasteiger charge is 2.33. The van der Waals surface area contributed by atoms with Crippen LogP contribution < -0.4 is 10.1 Å². The van der Waals surface area contributed by atoms with E-state index in [0.29, 0.717) is 24.6 Å². The van der Waals surface area contributed by atoms with Crippen molar-refractivity contribution in [2.24, 2.45) is 0 Å². The molecule has 156 valence electrons. The second-order valence-electron chi connectivity index (χ2n) is 7.02. The number of hydrogen-bond donors (Lipinski definition) is 1. The highest BCUT2D eigenvalue weighted by molar-refractivity contribution is 7.89. The van der Waals surface area contributed by atoms with Gasteiger partial charge in [-0.2, -0.15) is 4.31 Å². The summed E-state index contributed by atoms with van der Waals surface area (Å²) in [4.78, 5) is 12.1. The molecule has 3 rings (SSSR count). The molecule has 2 aromatic rings. The fraction of sp³-hybridized carbons (Fsp3) is 0.381. The summed E-state index contributed by atoms with van der Waals surface area (Å²) in [5.74, 6) is -0.700. The van der Waals surface area contributed by atoms with Crippen LogP contribution >= 0.6 is 0 Å². The molecular weight excluding hydrogens is 395 g/mol. The zero-order valence-corrected chi connectivity index (χ0v) is 17.3. The molecule has 1 atom stereocenters. The maximum absolute atomic E-state index is 14.4. The predicted molar refractivity (Wildman–Crippen MR) is 109 cm³/mol. The van der Waals surface area contributed by atoms with Crippen LogP contribution in [0.4, 0.5) is 10.1 Å². The molecule has 8 heteroatoms. The first-order chi connectivity index (χ1) is 13.8.